The van der Waals surface area contributed by atoms with Crippen molar-refractivity contribution in [2.75, 3.05) is 18.1 Å². The summed E-state index contributed by atoms with van der Waals surface area (Å²) in [5, 5.41) is 13.2. The molecule has 8 heteroatoms. The zero-order valence-corrected chi connectivity index (χ0v) is 16.9. The number of thioether (sulfide) groups is 1. The lowest BCUT2D eigenvalue weighted by Crippen LogP contribution is -2.20. The van der Waals surface area contributed by atoms with Gasteiger partial charge in [0.05, 0.1) is 17.0 Å². The lowest BCUT2D eigenvalue weighted by Gasteiger charge is -2.16. The molecule has 5 nitrogen and oxygen atoms in total. The molecule has 0 saturated carbocycles. The predicted octanol–water partition coefficient (Wildman–Crippen LogP) is 4.48. The third kappa shape index (κ3) is 4.94. The number of halogens is 2. The fourth-order valence-electron chi connectivity index (χ4n) is 2.23. The summed E-state index contributed by atoms with van der Waals surface area (Å²) in [5.41, 5.74) is 0.918. The SMILES string of the molecule is CN=C(SCC(=O)Nc1ccc(Br)cc1Br)C1=C(O)CCCC1=O. The number of hydrogen-bond donors (Lipinski definition) is 2. The molecule has 0 atom stereocenters. The van der Waals surface area contributed by atoms with Crippen LogP contribution >= 0.6 is 43.6 Å². The van der Waals surface area contributed by atoms with Gasteiger partial charge in [0, 0.05) is 28.8 Å². The molecule has 0 fully saturated rings. The van der Waals surface area contributed by atoms with Gasteiger partial charge in [0.2, 0.25) is 5.91 Å². The normalized spacial score (nSPS) is 15.6. The molecule has 0 saturated heterocycles. The number of amides is 1. The van der Waals surface area contributed by atoms with Crippen molar-refractivity contribution in [1.82, 2.24) is 0 Å². The van der Waals surface area contributed by atoms with Gasteiger partial charge >= 0.3 is 0 Å². The highest BCUT2D eigenvalue weighted by atomic mass is 79.9. The Bertz CT molecular complexity index is 732. The summed E-state index contributed by atoms with van der Waals surface area (Å²) in [6.07, 6.45) is 1.52. The smallest absolute Gasteiger partial charge is 0.234 e. The van der Waals surface area contributed by atoms with Crippen LogP contribution in [0, 0.1) is 0 Å². The van der Waals surface area contributed by atoms with Gasteiger partial charge in [0.1, 0.15) is 10.8 Å². The number of carbonyl (C=O) groups excluding carboxylic acids is 2. The van der Waals surface area contributed by atoms with Gasteiger partial charge in [-0.1, -0.05) is 27.7 Å². The van der Waals surface area contributed by atoms with E-state index in [9.17, 15) is 14.7 Å². The van der Waals surface area contributed by atoms with Crippen LogP contribution in [0.15, 0.2) is 43.5 Å². The van der Waals surface area contributed by atoms with E-state index in [0.29, 0.717) is 30.0 Å². The summed E-state index contributed by atoms with van der Waals surface area (Å²) in [6, 6.07) is 5.45. The van der Waals surface area contributed by atoms with Crippen LogP contribution in [-0.4, -0.2) is 34.6 Å². The van der Waals surface area contributed by atoms with Crippen LogP contribution in [0.2, 0.25) is 0 Å². The molecule has 24 heavy (non-hydrogen) atoms. The number of nitrogens with one attached hydrogen (secondary N) is 1. The molecule has 0 bridgehead atoms. The highest BCUT2D eigenvalue weighted by molar-refractivity contribution is 9.11. The maximum Gasteiger partial charge on any atom is 0.234 e. The minimum atomic E-state index is -0.215. The summed E-state index contributed by atoms with van der Waals surface area (Å²) in [4.78, 5) is 28.2. The minimum Gasteiger partial charge on any atom is -0.511 e. The minimum absolute atomic E-state index is 0.0652. The number of allylic oxidation sites excluding steroid dienone is 1. The molecule has 0 aliphatic heterocycles. The van der Waals surface area contributed by atoms with Crippen LogP contribution in [0.25, 0.3) is 0 Å². The Morgan fingerprint density at radius 1 is 1.38 bits per heavy atom. The van der Waals surface area contributed by atoms with Crippen molar-refractivity contribution in [2.24, 2.45) is 4.99 Å². The zero-order chi connectivity index (χ0) is 17.7. The molecule has 1 aromatic carbocycles. The van der Waals surface area contributed by atoms with Crippen molar-refractivity contribution >= 4 is 66.0 Å². The largest absolute Gasteiger partial charge is 0.511 e. The Hall–Kier alpha value is -1.12. The van der Waals surface area contributed by atoms with E-state index < -0.39 is 0 Å². The summed E-state index contributed by atoms with van der Waals surface area (Å²) >= 11 is 7.89. The third-order valence-electron chi connectivity index (χ3n) is 3.35. The maximum absolute atomic E-state index is 12.1. The van der Waals surface area contributed by atoms with Gasteiger partial charge in [0.15, 0.2) is 5.78 Å². The van der Waals surface area contributed by atoms with Gasteiger partial charge in [-0.3, -0.25) is 14.6 Å². The van der Waals surface area contributed by atoms with E-state index in [-0.39, 0.29) is 28.8 Å². The van der Waals surface area contributed by atoms with Gasteiger partial charge in [-0.15, -0.1) is 0 Å². The number of benzene rings is 1. The lowest BCUT2D eigenvalue weighted by atomic mass is 9.97. The maximum atomic E-state index is 12.1. The van der Waals surface area contributed by atoms with Crippen molar-refractivity contribution in [2.45, 2.75) is 19.3 Å². The molecule has 1 aromatic rings. The number of anilines is 1. The summed E-state index contributed by atoms with van der Waals surface area (Å²) in [7, 11) is 1.55. The molecule has 2 N–H and O–H groups in total. The molecule has 1 amide bonds. The van der Waals surface area contributed by atoms with Crippen LogP contribution in [0.1, 0.15) is 19.3 Å². The fourth-order valence-corrected chi connectivity index (χ4v) is 4.22. The molecular weight excluding hydrogens is 460 g/mol. The number of nitrogens with zero attached hydrogens (tertiary/aromatic N) is 1. The van der Waals surface area contributed by atoms with E-state index in [4.69, 9.17) is 0 Å². The van der Waals surface area contributed by atoms with E-state index in [1.54, 1.807) is 13.1 Å². The van der Waals surface area contributed by atoms with Gasteiger partial charge in [-0.25, -0.2) is 0 Å². The van der Waals surface area contributed by atoms with Crippen LogP contribution in [-0.2, 0) is 9.59 Å². The average Bonchev–Trinajstić information content (AvgIpc) is 2.53. The molecule has 128 valence electrons. The number of hydrogen-bond acceptors (Lipinski definition) is 5. The zero-order valence-electron chi connectivity index (χ0n) is 12.9. The van der Waals surface area contributed by atoms with E-state index in [1.165, 1.54) is 0 Å². The number of aliphatic hydroxyl groups is 1. The predicted molar refractivity (Wildman–Crippen MR) is 105 cm³/mol. The third-order valence-corrected chi connectivity index (χ3v) is 5.56. The number of rotatable bonds is 4. The van der Waals surface area contributed by atoms with Crippen LogP contribution in [0.5, 0.6) is 0 Å². The second-order valence-corrected chi connectivity index (χ2v) is 7.82. The summed E-state index contributed by atoms with van der Waals surface area (Å²) < 4.78 is 1.67. The van der Waals surface area contributed by atoms with Crippen molar-refractivity contribution in [3.05, 3.63) is 38.5 Å². The van der Waals surface area contributed by atoms with Crippen LogP contribution < -0.4 is 5.32 Å². The molecule has 1 aliphatic rings. The molecule has 0 radical (unpaired) electrons. The number of carbonyl (C=O) groups is 2. The molecule has 0 unspecified atom stereocenters. The molecule has 2 rings (SSSR count). The van der Waals surface area contributed by atoms with Gasteiger partial charge in [-0.05, 0) is 40.5 Å². The average molecular weight is 476 g/mol. The van der Waals surface area contributed by atoms with Crippen LogP contribution in [0.3, 0.4) is 0 Å². The summed E-state index contributed by atoms with van der Waals surface area (Å²) in [5.74, 6) is -0.176. The van der Waals surface area contributed by atoms with E-state index in [1.807, 2.05) is 12.1 Å². The Balaban J connectivity index is 2.01. The number of aliphatic imine (C=N–C) groups is 1. The molecular formula is C16H16Br2N2O3S. The standard InChI is InChI=1S/C16H16Br2N2O3S/c1-19-16(15-12(21)3-2-4-13(15)22)24-8-14(23)20-11-6-5-9(17)7-10(11)18/h5-7,21H,2-4,8H2,1H3,(H,20,23). The van der Waals surface area contributed by atoms with Gasteiger partial charge in [-0.2, -0.15) is 0 Å². The van der Waals surface area contributed by atoms with E-state index >= 15 is 0 Å². The highest BCUT2D eigenvalue weighted by Crippen LogP contribution is 2.28. The number of aliphatic hydroxyl groups excluding tert-OH is 1. The first-order valence-corrected chi connectivity index (χ1v) is 9.79. The Morgan fingerprint density at radius 3 is 2.75 bits per heavy atom. The first-order valence-electron chi connectivity index (χ1n) is 7.22. The molecule has 1 aliphatic carbocycles. The molecule has 0 heterocycles. The number of ketones is 1. The van der Waals surface area contributed by atoms with Crippen molar-refractivity contribution in [3.63, 3.8) is 0 Å². The summed E-state index contributed by atoms with van der Waals surface area (Å²) in [6.45, 7) is 0. The second-order valence-electron chi connectivity index (χ2n) is 5.09. The van der Waals surface area contributed by atoms with Gasteiger partial charge < -0.3 is 10.4 Å². The van der Waals surface area contributed by atoms with Crippen molar-refractivity contribution < 1.29 is 14.7 Å². The Labute approximate surface area is 161 Å². The van der Waals surface area contributed by atoms with E-state index in [0.717, 1.165) is 20.7 Å². The molecule has 0 aromatic heterocycles. The first kappa shape index (κ1) is 19.2. The highest BCUT2D eigenvalue weighted by Gasteiger charge is 2.25. The lowest BCUT2D eigenvalue weighted by molar-refractivity contribution is -0.116. The Kier molecular flexibility index (Phi) is 7.06. The second kappa shape index (κ2) is 8.82. The van der Waals surface area contributed by atoms with Gasteiger partial charge in [0.25, 0.3) is 0 Å². The van der Waals surface area contributed by atoms with Crippen molar-refractivity contribution in [1.29, 1.82) is 0 Å². The molecule has 0 spiro atoms. The monoisotopic (exact) mass is 474 g/mol. The fraction of sp³-hybridized carbons (Fsp3) is 0.312. The number of Topliss-reactive ketones (excluding diaryl/α,β-unsaturated/α-hetero) is 1. The van der Waals surface area contributed by atoms with E-state index in [2.05, 4.69) is 42.2 Å². The Morgan fingerprint density at radius 2 is 2.12 bits per heavy atom. The first-order chi connectivity index (χ1) is 11.4. The topological polar surface area (TPSA) is 78.8 Å². The van der Waals surface area contributed by atoms with Crippen LogP contribution in [0.4, 0.5) is 5.69 Å². The van der Waals surface area contributed by atoms with Crippen molar-refractivity contribution in [3.8, 4) is 0 Å². The quantitative estimate of drug-likeness (QED) is 0.497.